The minimum absolute atomic E-state index is 0.0676. The van der Waals surface area contributed by atoms with Crippen LogP contribution in [0, 0.1) is 10.1 Å². The first-order chi connectivity index (χ1) is 13.9. The molecule has 0 unspecified atom stereocenters. The standard InChI is InChI=1S/C19H11Cl3N4O3/c20-13-4-2-1-3-11(13)10-24-17-9-23-25(16(17)5-6-18(24)27)19-14(21)7-12(26(28)29)8-15(19)22/h1-9H,10H2. The van der Waals surface area contributed by atoms with E-state index < -0.39 is 4.92 Å². The number of rotatable bonds is 4. The van der Waals surface area contributed by atoms with Crippen LogP contribution in [0.25, 0.3) is 16.7 Å². The highest BCUT2D eigenvalue weighted by molar-refractivity contribution is 6.38. The highest BCUT2D eigenvalue weighted by Gasteiger charge is 2.19. The zero-order chi connectivity index (χ0) is 20.7. The maximum atomic E-state index is 12.5. The molecule has 0 aliphatic carbocycles. The molecule has 0 radical (unpaired) electrons. The van der Waals surface area contributed by atoms with E-state index in [1.807, 2.05) is 18.2 Å². The summed E-state index contributed by atoms with van der Waals surface area (Å²) in [6.07, 6.45) is 1.52. The van der Waals surface area contributed by atoms with E-state index in [0.717, 1.165) is 5.56 Å². The second-order valence-electron chi connectivity index (χ2n) is 6.19. The molecule has 146 valence electrons. The van der Waals surface area contributed by atoms with Crippen molar-refractivity contribution >= 4 is 51.5 Å². The average Bonchev–Trinajstić information content (AvgIpc) is 3.09. The van der Waals surface area contributed by atoms with Crippen molar-refractivity contribution in [3.8, 4) is 5.69 Å². The van der Waals surface area contributed by atoms with Gasteiger partial charge in [0.1, 0.15) is 5.69 Å². The molecule has 10 heteroatoms. The Bertz CT molecular complexity index is 1310. The van der Waals surface area contributed by atoms with E-state index in [1.54, 1.807) is 12.1 Å². The molecule has 0 aliphatic heterocycles. The van der Waals surface area contributed by atoms with Crippen LogP contribution >= 0.6 is 34.8 Å². The summed E-state index contributed by atoms with van der Waals surface area (Å²) in [6, 6.07) is 12.7. The first-order valence-corrected chi connectivity index (χ1v) is 9.45. The summed E-state index contributed by atoms with van der Waals surface area (Å²) in [5, 5.41) is 16.0. The molecule has 0 atom stereocenters. The molecule has 2 heterocycles. The second-order valence-corrected chi connectivity index (χ2v) is 7.41. The predicted molar refractivity (Wildman–Crippen MR) is 113 cm³/mol. The van der Waals surface area contributed by atoms with Crippen LogP contribution in [-0.2, 0) is 6.54 Å². The van der Waals surface area contributed by atoms with E-state index in [-0.39, 0.29) is 33.5 Å². The molecule has 0 saturated heterocycles. The highest BCUT2D eigenvalue weighted by Crippen LogP contribution is 2.34. The Labute approximate surface area is 178 Å². The second kappa shape index (κ2) is 7.51. The summed E-state index contributed by atoms with van der Waals surface area (Å²) in [5.41, 5.74) is 1.73. The smallest absolute Gasteiger partial charge is 0.272 e. The summed E-state index contributed by atoms with van der Waals surface area (Å²) >= 11 is 18.7. The monoisotopic (exact) mass is 448 g/mol. The number of nitro benzene ring substituents is 1. The zero-order valence-corrected chi connectivity index (χ0v) is 16.8. The molecule has 0 fully saturated rings. The number of hydrogen-bond donors (Lipinski definition) is 0. The molecule has 0 aliphatic rings. The summed E-state index contributed by atoms with van der Waals surface area (Å²) in [6.45, 7) is 0.253. The van der Waals surface area contributed by atoms with Gasteiger partial charge < -0.3 is 4.57 Å². The minimum Gasteiger partial charge on any atom is -0.301 e. The van der Waals surface area contributed by atoms with Gasteiger partial charge in [0.15, 0.2) is 0 Å². The number of nitrogens with zero attached hydrogens (tertiary/aromatic N) is 4. The van der Waals surface area contributed by atoms with Crippen LogP contribution in [0.1, 0.15) is 5.56 Å². The van der Waals surface area contributed by atoms with E-state index in [0.29, 0.717) is 16.1 Å². The van der Waals surface area contributed by atoms with Crippen molar-refractivity contribution in [3.05, 3.63) is 95.8 Å². The minimum atomic E-state index is -0.579. The van der Waals surface area contributed by atoms with Crippen molar-refractivity contribution in [2.45, 2.75) is 6.54 Å². The summed E-state index contributed by atoms with van der Waals surface area (Å²) in [4.78, 5) is 22.9. The molecule has 2 aromatic carbocycles. The number of pyridine rings is 1. The molecule has 29 heavy (non-hydrogen) atoms. The number of nitro groups is 1. The SMILES string of the molecule is O=c1ccc2c(cnn2-c2c(Cl)cc([N+](=O)[O-])cc2Cl)n1Cc1ccccc1Cl. The Morgan fingerprint density at radius 2 is 1.66 bits per heavy atom. The molecule has 0 spiro atoms. The zero-order valence-electron chi connectivity index (χ0n) is 14.6. The van der Waals surface area contributed by atoms with Crippen molar-refractivity contribution in [1.29, 1.82) is 0 Å². The quantitative estimate of drug-likeness (QED) is 0.320. The van der Waals surface area contributed by atoms with E-state index in [9.17, 15) is 14.9 Å². The lowest BCUT2D eigenvalue weighted by Crippen LogP contribution is -2.20. The molecule has 0 N–H and O–H groups in total. The van der Waals surface area contributed by atoms with Crippen molar-refractivity contribution in [1.82, 2.24) is 14.3 Å². The van der Waals surface area contributed by atoms with Crippen molar-refractivity contribution in [2.24, 2.45) is 0 Å². The van der Waals surface area contributed by atoms with Gasteiger partial charge in [0.05, 0.1) is 38.7 Å². The molecule has 4 rings (SSSR count). The van der Waals surface area contributed by atoms with Gasteiger partial charge >= 0.3 is 0 Å². The van der Waals surface area contributed by atoms with Crippen LogP contribution in [0.2, 0.25) is 15.1 Å². The van der Waals surface area contributed by atoms with Crippen LogP contribution in [-0.4, -0.2) is 19.3 Å². The number of fused-ring (bicyclic) bond motifs is 1. The van der Waals surface area contributed by atoms with Crippen LogP contribution in [0.3, 0.4) is 0 Å². The third-order valence-electron chi connectivity index (χ3n) is 4.44. The van der Waals surface area contributed by atoms with Gasteiger partial charge in [0.2, 0.25) is 0 Å². The van der Waals surface area contributed by atoms with E-state index >= 15 is 0 Å². The number of non-ortho nitro benzene ring substituents is 1. The van der Waals surface area contributed by atoms with Gasteiger partial charge in [-0.15, -0.1) is 0 Å². The van der Waals surface area contributed by atoms with Crippen LogP contribution in [0.4, 0.5) is 5.69 Å². The Morgan fingerprint density at radius 1 is 0.966 bits per heavy atom. The number of benzene rings is 2. The Kier molecular flexibility index (Phi) is 5.04. The number of aromatic nitrogens is 3. The van der Waals surface area contributed by atoms with E-state index in [4.69, 9.17) is 34.8 Å². The highest BCUT2D eigenvalue weighted by atomic mass is 35.5. The van der Waals surface area contributed by atoms with Gasteiger partial charge in [-0.05, 0) is 17.7 Å². The van der Waals surface area contributed by atoms with Crippen molar-refractivity contribution in [3.63, 3.8) is 0 Å². The predicted octanol–water partition coefficient (Wildman–Crippen LogP) is 5.10. The number of hydrogen-bond acceptors (Lipinski definition) is 4. The average molecular weight is 450 g/mol. The Balaban J connectivity index is 1.89. The van der Waals surface area contributed by atoms with E-state index in [1.165, 1.54) is 33.6 Å². The third-order valence-corrected chi connectivity index (χ3v) is 5.38. The summed E-state index contributed by atoms with van der Waals surface area (Å²) < 4.78 is 2.99. The first-order valence-electron chi connectivity index (χ1n) is 8.31. The van der Waals surface area contributed by atoms with Gasteiger partial charge in [0.25, 0.3) is 11.2 Å². The first kappa shape index (κ1) is 19.4. The molecule has 0 saturated carbocycles. The third kappa shape index (κ3) is 3.48. The van der Waals surface area contributed by atoms with Gasteiger partial charge in [-0.2, -0.15) is 5.10 Å². The molecule has 2 aromatic heterocycles. The molecule has 4 aromatic rings. The molecule has 7 nitrogen and oxygen atoms in total. The summed E-state index contributed by atoms with van der Waals surface area (Å²) in [7, 11) is 0. The van der Waals surface area contributed by atoms with Gasteiger partial charge in [-0.1, -0.05) is 53.0 Å². The summed E-state index contributed by atoms with van der Waals surface area (Å²) in [5.74, 6) is 0. The Hall–Kier alpha value is -2.87. The van der Waals surface area contributed by atoms with Crippen molar-refractivity contribution < 1.29 is 4.92 Å². The van der Waals surface area contributed by atoms with Crippen molar-refractivity contribution in [2.75, 3.05) is 0 Å². The fourth-order valence-corrected chi connectivity index (χ4v) is 3.90. The van der Waals surface area contributed by atoms with Gasteiger partial charge in [-0.3, -0.25) is 14.9 Å². The van der Waals surface area contributed by atoms with Gasteiger partial charge in [-0.25, -0.2) is 4.68 Å². The topological polar surface area (TPSA) is 83.0 Å². The van der Waals surface area contributed by atoms with Gasteiger partial charge in [0, 0.05) is 23.2 Å². The van der Waals surface area contributed by atoms with Crippen LogP contribution < -0.4 is 5.56 Å². The fraction of sp³-hybridized carbons (Fsp3) is 0.0526. The molecule has 0 amide bonds. The van der Waals surface area contributed by atoms with Crippen LogP contribution in [0.15, 0.2) is 59.5 Å². The lowest BCUT2D eigenvalue weighted by molar-refractivity contribution is -0.384. The maximum Gasteiger partial charge on any atom is 0.272 e. The lowest BCUT2D eigenvalue weighted by atomic mass is 10.2. The lowest BCUT2D eigenvalue weighted by Gasteiger charge is -2.11. The van der Waals surface area contributed by atoms with Crippen LogP contribution in [0.5, 0.6) is 0 Å². The fourth-order valence-electron chi connectivity index (χ4n) is 3.07. The largest absolute Gasteiger partial charge is 0.301 e. The van der Waals surface area contributed by atoms with E-state index in [2.05, 4.69) is 5.10 Å². The molecule has 0 bridgehead atoms. The molecular weight excluding hydrogens is 439 g/mol. The Morgan fingerprint density at radius 3 is 2.31 bits per heavy atom. The molecular formula is C19H11Cl3N4O3. The normalized spacial score (nSPS) is 11.1. The number of halogens is 3. The maximum absolute atomic E-state index is 12.5.